The molecule has 1 atom stereocenters. The van der Waals surface area contributed by atoms with E-state index in [0.29, 0.717) is 30.6 Å². The molecular weight excluding hydrogens is 490 g/mol. The summed E-state index contributed by atoms with van der Waals surface area (Å²) in [5.41, 5.74) is 0.493. The van der Waals surface area contributed by atoms with Crippen molar-refractivity contribution in [2.75, 3.05) is 40.5 Å². The van der Waals surface area contributed by atoms with Crippen LogP contribution < -0.4 is 0 Å². The molecule has 0 saturated carbocycles. The topological polar surface area (TPSA) is 123 Å². The van der Waals surface area contributed by atoms with Gasteiger partial charge in [0.2, 0.25) is 0 Å². The number of nitrogens with zero attached hydrogens (tertiary/aromatic N) is 1. The van der Waals surface area contributed by atoms with Gasteiger partial charge in [-0.25, -0.2) is 4.79 Å². The molecule has 0 aromatic carbocycles. The van der Waals surface area contributed by atoms with Gasteiger partial charge >= 0.3 is 17.9 Å². The summed E-state index contributed by atoms with van der Waals surface area (Å²) in [6.07, 6.45) is 5.48. The first-order valence-electron chi connectivity index (χ1n) is 13.5. The third-order valence-corrected chi connectivity index (χ3v) is 8.16. The zero-order chi connectivity index (χ0) is 29.1. The van der Waals surface area contributed by atoms with Crippen molar-refractivity contribution in [1.29, 1.82) is 0 Å². The van der Waals surface area contributed by atoms with Crippen molar-refractivity contribution in [3.63, 3.8) is 0 Å². The molecule has 9 heteroatoms. The van der Waals surface area contributed by atoms with E-state index in [1.165, 1.54) is 33.5 Å². The second kappa shape index (κ2) is 14.7. The van der Waals surface area contributed by atoms with Crippen LogP contribution in [0.25, 0.3) is 0 Å². The number of ether oxygens (including phenoxy) is 3. The molecule has 1 unspecified atom stereocenters. The third kappa shape index (κ3) is 7.82. The number of hydrogen-bond donors (Lipinski definition) is 2. The van der Waals surface area contributed by atoms with Gasteiger partial charge in [0, 0.05) is 36.0 Å². The number of methoxy groups -OCH3 is 2. The maximum atomic E-state index is 11.8. The lowest BCUT2D eigenvalue weighted by molar-refractivity contribution is -0.147. The third-order valence-electron chi connectivity index (χ3n) is 8.16. The molecule has 1 aliphatic heterocycles. The molecule has 1 saturated heterocycles. The number of allylic oxidation sites excluding steroid dienone is 1. The standard InChI is InChI=1S/C23H39NO4.C6H10O4/c1-17(2)20(27)28-15-10-18-19(26)16-21(3,4)23(11-14-25,22(18,5)6)24-12-8-7-9-13-24;1-9-5(7)3-4-6(8)10-2/h25-26H,1,7-16H2,2-6H3;3-4H2,1-2H3. The molecule has 0 aromatic heterocycles. The van der Waals surface area contributed by atoms with E-state index in [2.05, 4.69) is 48.6 Å². The van der Waals surface area contributed by atoms with Crippen LogP contribution in [-0.2, 0) is 28.6 Å². The van der Waals surface area contributed by atoms with Gasteiger partial charge in [-0.1, -0.05) is 40.7 Å². The van der Waals surface area contributed by atoms with Gasteiger partial charge in [-0.05, 0) is 50.3 Å². The van der Waals surface area contributed by atoms with Crippen LogP contribution in [0.3, 0.4) is 0 Å². The van der Waals surface area contributed by atoms with Crippen LogP contribution >= 0.6 is 0 Å². The Morgan fingerprint density at radius 2 is 1.50 bits per heavy atom. The van der Waals surface area contributed by atoms with Crippen LogP contribution in [0.5, 0.6) is 0 Å². The molecule has 2 N–H and O–H groups in total. The maximum absolute atomic E-state index is 11.8. The molecule has 1 aliphatic carbocycles. The van der Waals surface area contributed by atoms with Crippen molar-refractivity contribution in [2.24, 2.45) is 10.8 Å². The minimum absolute atomic E-state index is 0.0865. The van der Waals surface area contributed by atoms with Gasteiger partial charge in [0.05, 0.1) is 39.4 Å². The van der Waals surface area contributed by atoms with E-state index in [9.17, 15) is 24.6 Å². The number of piperidine rings is 1. The highest BCUT2D eigenvalue weighted by Gasteiger charge is 2.61. The van der Waals surface area contributed by atoms with E-state index in [1.807, 2.05) is 0 Å². The molecule has 0 aromatic rings. The Labute approximate surface area is 228 Å². The Hall–Kier alpha value is -2.39. The van der Waals surface area contributed by atoms with Gasteiger partial charge in [-0.3, -0.25) is 14.5 Å². The minimum Gasteiger partial charge on any atom is -0.512 e. The Balaban J connectivity index is 0.000000612. The monoisotopic (exact) mass is 539 g/mol. The summed E-state index contributed by atoms with van der Waals surface area (Å²) in [5, 5.41) is 21.0. The SMILES string of the molecule is C=C(C)C(=O)OCCC1=C(O)CC(C)(C)C(CCO)(N2CCCCC2)C1(C)C.COC(=O)CCC(=O)OC. The number of aliphatic hydroxyl groups excluding tert-OH is 2. The lowest BCUT2D eigenvalue weighted by atomic mass is 9.49. The molecule has 0 bridgehead atoms. The summed E-state index contributed by atoms with van der Waals surface area (Å²) < 4.78 is 13.9. The zero-order valence-corrected chi connectivity index (χ0v) is 24.5. The van der Waals surface area contributed by atoms with Crippen molar-refractivity contribution in [2.45, 2.75) is 91.5 Å². The van der Waals surface area contributed by atoms with E-state index in [-0.39, 0.29) is 42.4 Å². The summed E-state index contributed by atoms with van der Waals surface area (Å²) in [6.45, 7) is 16.4. The number of hydrogen-bond acceptors (Lipinski definition) is 9. The number of carbonyl (C=O) groups excluding carboxylic acids is 3. The summed E-state index contributed by atoms with van der Waals surface area (Å²) in [5.74, 6) is -0.783. The predicted molar refractivity (Wildman–Crippen MR) is 145 cm³/mol. The largest absolute Gasteiger partial charge is 0.512 e. The van der Waals surface area contributed by atoms with Gasteiger partial charge < -0.3 is 24.4 Å². The Kier molecular flexibility index (Phi) is 13.0. The molecule has 1 heterocycles. The summed E-state index contributed by atoms with van der Waals surface area (Å²) in [6, 6.07) is 0. The second-order valence-electron chi connectivity index (χ2n) is 11.3. The van der Waals surface area contributed by atoms with Crippen LogP contribution in [0, 0.1) is 10.8 Å². The van der Waals surface area contributed by atoms with E-state index in [4.69, 9.17) is 4.74 Å². The summed E-state index contributed by atoms with van der Waals surface area (Å²) >= 11 is 0. The first-order valence-corrected chi connectivity index (χ1v) is 13.5. The van der Waals surface area contributed by atoms with Crippen molar-refractivity contribution in [1.82, 2.24) is 4.90 Å². The molecule has 218 valence electrons. The summed E-state index contributed by atoms with van der Waals surface area (Å²) in [7, 11) is 2.55. The Morgan fingerprint density at radius 1 is 0.974 bits per heavy atom. The molecular formula is C29H49NO8. The van der Waals surface area contributed by atoms with Crippen LogP contribution in [0.2, 0.25) is 0 Å². The fourth-order valence-electron chi connectivity index (χ4n) is 6.43. The van der Waals surface area contributed by atoms with E-state index in [1.54, 1.807) is 6.92 Å². The van der Waals surface area contributed by atoms with Gasteiger partial charge in [0.1, 0.15) is 0 Å². The van der Waals surface area contributed by atoms with Crippen LogP contribution in [0.4, 0.5) is 0 Å². The molecule has 9 nitrogen and oxygen atoms in total. The molecule has 0 spiro atoms. The fourth-order valence-corrected chi connectivity index (χ4v) is 6.43. The summed E-state index contributed by atoms with van der Waals surface area (Å²) in [4.78, 5) is 35.1. The first kappa shape index (κ1) is 33.6. The number of carbonyl (C=O) groups is 3. The highest BCUT2D eigenvalue weighted by Crippen LogP contribution is 2.61. The highest BCUT2D eigenvalue weighted by atomic mass is 16.5. The normalized spacial score (nSPS) is 22.5. The lowest BCUT2D eigenvalue weighted by Crippen LogP contribution is -2.69. The Bertz CT molecular complexity index is 854. The van der Waals surface area contributed by atoms with Crippen molar-refractivity contribution in [3.8, 4) is 0 Å². The number of aliphatic hydroxyl groups is 2. The van der Waals surface area contributed by atoms with Crippen molar-refractivity contribution >= 4 is 17.9 Å². The molecule has 0 amide bonds. The molecule has 2 rings (SSSR count). The number of rotatable bonds is 10. The van der Waals surface area contributed by atoms with E-state index < -0.39 is 17.9 Å². The van der Waals surface area contributed by atoms with Gasteiger partial charge in [0.15, 0.2) is 0 Å². The lowest BCUT2D eigenvalue weighted by Gasteiger charge is -2.65. The second-order valence-corrected chi connectivity index (χ2v) is 11.3. The first-order chi connectivity index (χ1) is 17.7. The fraction of sp³-hybridized carbons (Fsp3) is 0.759. The number of esters is 3. The van der Waals surface area contributed by atoms with Gasteiger partial charge in [-0.2, -0.15) is 0 Å². The average Bonchev–Trinajstić information content (AvgIpc) is 2.87. The van der Waals surface area contributed by atoms with Crippen LogP contribution in [0.1, 0.15) is 86.0 Å². The predicted octanol–water partition coefficient (Wildman–Crippen LogP) is 4.48. The van der Waals surface area contributed by atoms with Gasteiger partial charge in [-0.15, -0.1) is 0 Å². The smallest absolute Gasteiger partial charge is 0.333 e. The van der Waals surface area contributed by atoms with E-state index >= 15 is 0 Å². The molecule has 38 heavy (non-hydrogen) atoms. The average molecular weight is 540 g/mol. The highest BCUT2D eigenvalue weighted by molar-refractivity contribution is 5.86. The molecule has 0 radical (unpaired) electrons. The van der Waals surface area contributed by atoms with E-state index in [0.717, 1.165) is 18.7 Å². The quantitative estimate of drug-likeness (QED) is 0.235. The van der Waals surface area contributed by atoms with Crippen molar-refractivity contribution < 1.29 is 38.8 Å². The van der Waals surface area contributed by atoms with Crippen LogP contribution in [0.15, 0.2) is 23.5 Å². The minimum atomic E-state index is -0.398. The number of likely N-dealkylation sites (tertiary alicyclic amines) is 1. The van der Waals surface area contributed by atoms with Crippen molar-refractivity contribution in [3.05, 3.63) is 23.5 Å². The molecule has 1 fully saturated rings. The molecule has 2 aliphatic rings. The van der Waals surface area contributed by atoms with Crippen LogP contribution in [-0.4, -0.2) is 79.1 Å². The maximum Gasteiger partial charge on any atom is 0.333 e. The zero-order valence-electron chi connectivity index (χ0n) is 24.5. The van der Waals surface area contributed by atoms with Gasteiger partial charge in [0.25, 0.3) is 0 Å². The Morgan fingerprint density at radius 3 is 1.95 bits per heavy atom.